The first kappa shape index (κ1) is 21.7. The third kappa shape index (κ3) is 3.65. The van der Waals surface area contributed by atoms with Crippen LogP contribution in [0.4, 0.5) is 5.69 Å². The lowest BCUT2D eigenvalue weighted by atomic mass is 10.0. The van der Waals surface area contributed by atoms with Crippen LogP contribution in [0, 0.1) is 10.1 Å². The number of thiazole rings is 1. The van der Waals surface area contributed by atoms with E-state index >= 15 is 0 Å². The molecule has 0 spiro atoms. The minimum atomic E-state index is -0.703. The van der Waals surface area contributed by atoms with Crippen molar-refractivity contribution in [2.24, 2.45) is 4.99 Å². The molecule has 11 heteroatoms. The number of allylic oxidation sites excluding steroid dienone is 1. The summed E-state index contributed by atoms with van der Waals surface area (Å²) in [5, 5.41) is 23.2. The van der Waals surface area contributed by atoms with Crippen molar-refractivity contribution in [3.63, 3.8) is 0 Å². The smallest absolute Gasteiger partial charge is 0.338 e. The van der Waals surface area contributed by atoms with Gasteiger partial charge in [-0.2, -0.15) is 0 Å². The highest BCUT2D eigenvalue weighted by atomic mass is 32.1. The number of nitrogens with zero attached hydrogens (tertiary/aromatic N) is 3. The average molecular weight is 472 g/mol. The molecule has 1 N–H and O–H groups in total. The molecule has 1 aromatic carbocycles. The molecule has 0 amide bonds. The van der Waals surface area contributed by atoms with Gasteiger partial charge in [0, 0.05) is 16.5 Å². The average Bonchev–Trinajstić information content (AvgIpc) is 3.37. The summed E-state index contributed by atoms with van der Waals surface area (Å²) in [4.78, 5) is 42.1. The second kappa shape index (κ2) is 8.52. The van der Waals surface area contributed by atoms with Gasteiger partial charge < -0.3 is 9.84 Å². The fraction of sp³-hybridized carbons (Fsp3) is 0.190. The zero-order valence-corrected chi connectivity index (χ0v) is 18.6. The summed E-state index contributed by atoms with van der Waals surface area (Å²) in [6.07, 6.45) is 1.39. The number of aromatic nitrogens is 1. The van der Waals surface area contributed by atoms with Crippen molar-refractivity contribution in [3.05, 3.63) is 87.2 Å². The van der Waals surface area contributed by atoms with Gasteiger partial charge in [0.1, 0.15) is 6.04 Å². The summed E-state index contributed by atoms with van der Waals surface area (Å²) >= 11 is 2.48. The number of esters is 1. The highest BCUT2D eigenvalue weighted by Gasteiger charge is 2.33. The van der Waals surface area contributed by atoms with Crippen molar-refractivity contribution < 1.29 is 19.6 Å². The second-order valence-electron chi connectivity index (χ2n) is 6.79. The Bertz CT molecular complexity index is 1430. The summed E-state index contributed by atoms with van der Waals surface area (Å²) in [6, 6.07) is 7.04. The van der Waals surface area contributed by atoms with Gasteiger partial charge >= 0.3 is 11.7 Å². The third-order valence-corrected chi connectivity index (χ3v) is 6.77. The van der Waals surface area contributed by atoms with E-state index in [4.69, 9.17) is 4.74 Å². The van der Waals surface area contributed by atoms with Crippen molar-refractivity contribution in [1.82, 2.24) is 4.57 Å². The normalized spacial score (nSPS) is 15.9. The van der Waals surface area contributed by atoms with E-state index in [1.54, 1.807) is 13.8 Å². The Morgan fingerprint density at radius 3 is 2.81 bits per heavy atom. The molecule has 9 nitrogen and oxygen atoms in total. The molecular weight excluding hydrogens is 454 g/mol. The highest BCUT2D eigenvalue weighted by Crippen LogP contribution is 2.33. The number of benzene rings is 1. The topological polar surface area (TPSA) is 124 Å². The van der Waals surface area contributed by atoms with Crippen LogP contribution in [-0.4, -0.2) is 27.2 Å². The largest absolute Gasteiger partial charge is 0.502 e. The van der Waals surface area contributed by atoms with E-state index in [9.17, 15) is 24.8 Å². The monoisotopic (exact) mass is 471 g/mol. The molecule has 0 bridgehead atoms. The lowest BCUT2D eigenvalue weighted by Gasteiger charge is -2.23. The quantitative estimate of drug-likeness (QED) is 0.346. The number of phenolic OH excluding ortho intramolecular Hbond substituents is 1. The van der Waals surface area contributed by atoms with E-state index in [-0.39, 0.29) is 22.3 Å². The van der Waals surface area contributed by atoms with E-state index in [1.807, 2.05) is 17.5 Å². The van der Waals surface area contributed by atoms with Crippen LogP contribution in [0.3, 0.4) is 0 Å². The van der Waals surface area contributed by atoms with Gasteiger partial charge in [-0.3, -0.25) is 19.5 Å². The van der Waals surface area contributed by atoms with Gasteiger partial charge in [0.2, 0.25) is 5.75 Å². The van der Waals surface area contributed by atoms with E-state index < -0.39 is 33.9 Å². The summed E-state index contributed by atoms with van der Waals surface area (Å²) in [5.41, 5.74) is -0.00598. The molecule has 0 fully saturated rings. The maximum absolute atomic E-state index is 13.4. The van der Waals surface area contributed by atoms with Crippen LogP contribution in [0.25, 0.3) is 6.08 Å². The molecule has 1 aliphatic heterocycles. The van der Waals surface area contributed by atoms with Crippen LogP contribution in [0.1, 0.15) is 30.3 Å². The Kier molecular flexibility index (Phi) is 5.76. The number of nitro groups is 1. The molecule has 0 aliphatic carbocycles. The zero-order valence-electron chi connectivity index (χ0n) is 17.0. The summed E-state index contributed by atoms with van der Waals surface area (Å²) in [6.45, 7) is 3.58. The predicted molar refractivity (Wildman–Crippen MR) is 119 cm³/mol. The molecule has 4 rings (SSSR count). The molecule has 3 aromatic rings. The molecule has 3 heterocycles. The van der Waals surface area contributed by atoms with Crippen LogP contribution < -0.4 is 14.9 Å². The molecule has 2 aromatic heterocycles. The molecule has 164 valence electrons. The first-order valence-electron chi connectivity index (χ1n) is 9.53. The van der Waals surface area contributed by atoms with Gasteiger partial charge in [0.15, 0.2) is 4.80 Å². The number of para-hydroxylation sites is 1. The van der Waals surface area contributed by atoms with E-state index in [0.717, 1.165) is 16.2 Å². The van der Waals surface area contributed by atoms with Gasteiger partial charge in [-0.05, 0) is 31.4 Å². The van der Waals surface area contributed by atoms with Crippen LogP contribution >= 0.6 is 22.7 Å². The minimum Gasteiger partial charge on any atom is -0.502 e. The van der Waals surface area contributed by atoms with Gasteiger partial charge in [-0.1, -0.05) is 29.5 Å². The molecule has 0 radical (unpaired) electrons. The number of nitro benzene ring substituents is 1. The number of carbonyl (C=O) groups is 1. The van der Waals surface area contributed by atoms with E-state index in [2.05, 4.69) is 4.99 Å². The number of fused-ring (bicyclic) bond motifs is 1. The van der Waals surface area contributed by atoms with Crippen molar-refractivity contribution in [2.75, 3.05) is 6.61 Å². The predicted octanol–water partition coefficient (Wildman–Crippen LogP) is 2.47. The molecule has 0 saturated carbocycles. The summed E-state index contributed by atoms with van der Waals surface area (Å²) in [5.74, 6) is -1.07. The number of ether oxygens (including phenoxy) is 1. The first-order chi connectivity index (χ1) is 15.3. The van der Waals surface area contributed by atoms with Crippen LogP contribution in [0.15, 0.2) is 56.8 Å². The maximum Gasteiger partial charge on any atom is 0.338 e. The number of rotatable bonds is 5. The van der Waals surface area contributed by atoms with E-state index in [0.29, 0.717) is 10.5 Å². The highest BCUT2D eigenvalue weighted by molar-refractivity contribution is 7.10. The number of phenols is 1. The lowest BCUT2D eigenvalue weighted by Crippen LogP contribution is -2.39. The molecule has 32 heavy (non-hydrogen) atoms. The fourth-order valence-electron chi connectivity index (χ4n) is 3.46. The molecule has 1 aliphatic rings. The van der Waals surface area contributed by atoms with Crippen molar-refractivity contribution in [1.29, 1.82) is 0 Å². The zero-order chi connectivity index (χ0) is 23.0. The minimum absolute atomic E-state index is 0.137. The lowest BCUT2D eigenvalue weighted by molar-refractivity contribution is -0.385. The standard InChI is InChI=1S/C21H17N3O6S2/c1-3-30-20(27)16-11(2)22-21-23(17(16)14-8-5-9-31-14)19(26)15(32-21)10-12-6-4-7-13(18(12)25)24(28)29/h4-10,17,25H,3H2,1-2H3. The Balaban J connectivity index is 1.95. The Labute approximate surface area is 189 Å². The van der Waals surface area contributed by atoms with Crippen LogP contribution in [0.5, 0.6) is 5.75 Å². The SMILES string of the molecule is CCOC(=O)C1=C(C)N=c2sc(=Cc3cccc([N+](=O)[O-])c3O)c(=O)n2C1c1cccs1. The summed E-state index contributed by atoms with van der Waals surface area (Å²) < 4.78 is 6.87. The van der Waals surface area contributed by atoms with Gasteiger partial charge in [-0.25, -0.2) is 9.79 Å². The number of hydrogen-bond donors (Lipinski definition) is 1. The van der Waals surface area contributed by atoms with Gasteiger partial charge in [0.05, 0.1) is 27.3 Å². The van der Waals surface area contributed by atoms with Crippen LogP contribution in [-0.2, 0) is 9.53 Å². The Morgan fingerprint density at radius 1 is 1.38 bits per heavy atom. The van der Waals surface area contributed by atoms with Crippen molar-refractivity contribution >= 4 is 40.4 Å². The number of aromatic hydroxyl groups is 1. The van der Waals surface area contributed by atoms with E-state index in [1.165, 1.54) is 40.2 Å². The second-order valence-corrected chi connectivity index (χ2v) is 8.78. The maximum atomic E-state index is 13.4. The first-order valence-corrected chi connectivity index (χ1v) is 11.2. The Morgan fingerprint density at radius 2 is 2.16 bits per heavy atom. The summed E-state index contributed by atoms with van der Waals surface area (Å²) in [7, 11) is 0. The number of carbonyl (C=O) groups excluding carboxylic acids is 1. The van der Waals surface area contributed by atoms with Crippen molar-refractivity contribution in [2.45, 2.75) is 19.9 Å². The Hall–Kier alpha value is -3.57. The fourth-order valence-corrected chi connectivity index (χ4v) is 5.32. The van der Waals surface area contributed by atoms with Crippen molar-refractivity contribution in [3.8, 4) is 5.75 Å². The van der Waals surface area contributed by atoms with Gasteiger partial charge in [-0.15, -0.1) is 11.3 Å². The number of thiophene rings is 1. The van der Waals surface area contributed by atoms with Gasteiger partial charge in [0.25, 0.3) is 5.56 Å². The third-order valence-electron chi connectivity index (χ3n) is 4.86. The molecule has 0 saturated heterocycles. The molecule has 1 atom stereocenters. The molecular formula is C21H17N3O6S2. The van der Waals surface area contributed by atoms with Crippen LogP contribution in [0.2, 0.25) is 0 Å². The molecule has 1 unspecified atom stereocenters. The number of hydrogen-bond acceptors (Lipinski definition) is 9.